The second kappa shape index (κ2) is 6.33. The lowest BCUT2D eigenvalue weighted by atomic mass is 10.1. The molecule has 0 aliphatic heterocycles. The Morgan fingerprint density at radius 2 is 1.96 bits per heavy atom. The molecule has 0 fully saturated rings. The molecule has 0 saturated heterocycles. The van der Waals surface area contributed by atoms with Crippen LogP contribution < -0.4 is 0 Å². The van der Waals surface area contributed by atoms with Crippen molar-refractivity contribution in [3.63, 3.8) is 0 Å². The molecule has 128 valence electrons. The Morgan fingerprint density at radius 3 is 2.64 bits per heavy atom. The number of hydrogen-bond donors (Lipinski definition) is 0. The van der Waals surface area contributed by atoms with Crippen molar-refractivity contribution in [2.45, 2.75) is 5.16 Å². The smallest absolute Gasteiger partial charge is 0.258 e. The van der Waals surface area contributed by atoms with Crippen molar-refractivity contribution in [1.82, 2.24) is 19.7 Å². The fraction of sp³-hybridized carbons (Fsp3) is 0.0714. The number of benzene rings is 1. The van der Waals surface area contributed by atoms with Gasteiger partial charge >= 0.3 is 0 Å². The summed E-state index contributed by atoms with van der Waals surface area (Å²) in [5.41, 5.74) is 0.629. The second-order valence-electron chi connectivity index (χ2n) is 5.02. The summed E-state index contributed by atoms with van der Waals surface area (Å²) in [5.74, 6) is 0.209. The molecule has 1 aromatic carbocycles. The first-order chi connectivity index (χ1) is 11.8. The highest BCUT2D eigenvalue weighted by Crippen LogP contribution is 2.29. The topological polar surface area (TPSA) is 121 Å². The molecule has 11 heteroatoms. The molecule has 3 aromatic rings. The summed E-state index contributed by atoms with van der Waals surface area (Å²) in [7, 11) is -3.59. The third kappa shape index (κ3) is 3.42. The Kier molecular flexibility index (Phi) is 4.35. The Bertz CT molecular complexity index is 1080. The highest BCUT2D eigenvalue weighted by molar-refractivity contribution is 9.10. The Balaban J connectivity index is 2.11. The Morgan fingerprint density at radius 1 is 1.24 bits per heavy atom. The summed E-state index contributed by atoms with van der Waals surface area (Å²) < 4.78 is 25.0. The highest BCUT2D eigenvalue weighted by Gasteiger charge is 2.19. The van der Waals surface area contributed by atoms with Crippen LogP contribution in [-0.4, -0.2) is 39.3 Å². The number of nitrogens with zero attached hydrogens (tertiary/aromatic N) is 5. The molecular weight excluding hydrogens is 414 g/mol. The second-order valence-corrected chi connectivity index (χ2v) is 7.78. The van der Waals surface area contributed by atoms with Gasteiger partial charge in [-0.25, -0.2) is 18.1 Å². The molecule has 3 rings (SSSR count). The SMILES string of the molecule is CS(=O)(=O)c1ncc(Br)c(-n2ccc(-c3ccccc3[N+](=O)[O-])n2)n1. The monoisotopic (exact) mass is 423 g/mol. The van der Waals surface area contributed by atoms with E-state index in [2.05, 4.69) is 31.0 Å². The maximum Gasteiger partial charge on any atom is 0.278 e. The first-order valence-electron chi connectivity index (χ1n) is 6.80. The van der Waals surface area contributed by atoms with Crippen LogP contribution in [0.2, 0.25) is 0 Å². The van der Waals surface area contributed by atoms with Gasteiger partial charge in [0.2, 0.25) is 15.0 Å². The van der Waals surface area contributed by atoms with Crippen LogP contribution in [-0.2, 0) is 9.84 Å². The number of rotatable bonds is 4. The number of para-hydroxylation sites is 1. The zero-order valence-corrected chi connectivity index (χ0v) is 15.1. The number of nitro groups is 1. The first kappa shape index (κ1) is 17.2. The van der Waals surface area contributed by atoms with E-state index in [0.717, 1.165) is 6.26 Å². The number of nitro benzene ring substituents is 1. The average molecular weight is 424 g/mol. The summed E-state index contributed by atoms with van der Waals surface area (Å²) in [4.78, 5) is 18.4. The van der Waals surface area contributed by atoms with Gasteiger partial charge in [0, 0.05) is 24.7 Å². The minimum Gasteiger partial charge on any atom is -0.258 e. The molecule has 2 heterocycles. The average Bonchev–Trinajstić information content (AvgIpc) is 3.03. The number of aromatic nitrogens is 4. The Labute approximate surface area is 150 Å². The molecule has 0 amide bonds. The van der Waals surface area contributed by atoms with Crippen molar-refractivity contribution in [1.29, 1.82) is 0 Å². The molecule has 25 heavy (non-hydrogen) atoms. The van der Waals surface area contributed by atoms with E-state index in [1.54, 1.807) is 24.3 Å². The molecule has 0 bridgehead atoms. The molecule has 2 aromatic heterocycles. The third-order valence-corrected chi connectivity index (χ3v) is 4.64. The predicted molar refractivity (Wildman–Crippen MR) is 92.1 cm³/mol. The molecule has 0 N–H and O–H groups in total. The van der Waals surface area contributed by atoms with Crippen LogP contribution in [0.1, 0.15) is 0 Å². The van der Waals surface area contributed by atoms with E-state index in [0.29, 0.717) is 15.7 Å². The van der Waals surface area contributed by atoms with Crippen LogP contribution >= 0.6 is 15.9 Å². The molecule has 0 saturated carbocycles. The number of sulfone groups is 1. The van der Waals surface area contributed by atoms with Crippen molar-refractivity contribution < 1.29 is 13.3 Å². The molecule has 0 radical (unpaired) electrons. The van der Waals surface area contributed by atoms with Crippen LogP contribution in [0.5, 0.6) is 0 Å². The zero-order chi connectivity index (χ0) is 18.2. The van der Waals surface area contributed by atoms with E-state index in [4.69, 9.17) is 0 Å². The van der Waals surface area contributed by atoms with E-state index in [1.807, 2.05) is 0 Å². The molecule has 0 aliphatic rings. The molecular formula is C14H10BrN5O4S. The third-order valence-electron chi connectivity index (χ3n) is 3.22. The van der Waals surface area contributed by atoms with E-state index < -0.39 is 14.8 Å². The summed E-state index contributed by atoms with van der Waals surface area (Å²) in [5, 5.41) is 15.1. The van der Waals surface area contributed by atoms with Crippen molar-refractivity contribution >= 4 is 31.5 Å². The molecule has 0 atom stereocenters. The predicted octanol–water partition coefficient (Wildman–Crippen LogP) is 2.40. The normalized spacial score (nSPS) is 11.4. The van der Waals surface area contributed by atoms with Crippen molar-refractivity contribution in [3.05, 3.63) is 57.3 Å². The van der Waals surface area contributed by atoms with Gasteiger partial charge < -0.3 is 0 Å². The van der Waals surface area contributed by atoms with Gasteiger partial charge in [0.05, 0.1) is 20.7 Å². The lowest BCUT2D eigenvalue weighted by Gasteiger charge is -2.05. The molecule has 9 nitrogen and oxygen atoms in total. The minimum atomic E-state index is -3.59. The standard InChI is InChI=1S/C14H10BrN5O4S/c1-25(23,24)14-16-8-10(15)13(17-14)19-7-6-11(18-19)9-4-2-3-5-12(9)20(21)22/h2-8H,1H3. The van der Waals surface area contributed by atoms with Gasteiger partial charge in [-0.05, 0) is 28.1 Å². The maximum absolute atomic E-state index is 11.6. The van der Waals surface area contributed by atoms with Crippen LogP contribution in [0, 0.1) is 10.1 Å². The lowest BCUT2D eigenvalue weighted by molar-refractivity contribution is -0.384. The van der Waals surface area contributed by atoms with Gasteiger partial charge in [0.1, 0.15) is 0 Å². The van der Waals surface area contributed by atoms with E-state index in [9.17, 15) is 18.5 Å². The molecule has 0 unspecified atom stereocenters. The minimum absolute atomic E-state index is 0.0775. The van der Waals surface area contributed by atoms with Crippen molar-refractivity contribution in [2.75, 3.05) is 6.26 Å². The lowest BCUT2D eigenvalue weighted by Crippen LogP contribution is -2.08. The number of hydrogen-bond acceptors (Lipinski definition) is 7. The van der Waals surface area contributed by atoms with Crippen LogP contribution in [0.25, 0.3) is 17.1 Å². The van der Waals surface area contributed by atoms with Crippen LogP contribution in [0.15, 0.2) is 52.4 Å². The molecule has 0 spiro atoms. The van der Waals surface area contributed by atoms with E-state index in [-0.39, 0.29) is 16.7 Å². The van der Waals surface area contributed by atoms with Gasteiger partial charge in [0.15, 0.2) is 5.82 Å². The highest BCUT2D eigenvalue weighted by atomic mass is 79.9. The van der Waals surface area contributed by atoms with Gasteiger partial charge in [0.25, 0.3) is 5.69 Å². The summed E-state index contributed by atoms with van der Waals surface area (Å²) >= 11 is 3.25. The Hall–Kier alpha value is -2.66. The largest absolute Gasteiger partial charge is 0.278 e. The molecule has 0 aliphatic carbocycles. The maximum atomic E-state index is 11.6. The van der Waals surface area contributed by atoms with Gasteiger partial charge in [-0.2, -0.15) is 10.1 Å². The van der Waals surface area contributed by atoms with Crippen LogP contribution in [0.3, 0.4) is 0 Å². The summed E-state index contributed by atoms with van der Waals surface area (Å²) in [6, 6.07) is 7.79. The quantitative estimate of drug-likeness (QED) is 0.358. The summed E-state index contributed by atoms with van der Waals surface area (Å²) in [6.07, 6.45) is 3.85. The van der Waals surface area contributed by atoms with E-state index >= 15 is 0 Å². The fourth-order valence-electron chi connectivity index (χ4n) is 2.12. The van der Waals surface area contributed by atoms with E-state index in [1.165, 1.54) is 23.1 Å². The van der Waals surface area contributed by atoms with Crippen molar-refractivity contribution in [3.8, 4) is 17.1 Å². The van der Waals surface area contributed by atoms with Crippen LogP contribution in [0.4, 0.5) is 5.69 Å². The first-order valence-corrected chi connectivity index (χ1v) is 9.48. The fourth-order valence-corrected chi connectivity index (χ4v) is 2.99. The number of halogens is 1. The van der Waals surface area contributed by atoms with Crippen molar-refractivity contribution in [2.24, 2.45) is 0 Å². The van der Waals surface area contributed by atoms with Gasteiger partial charge in [-0.1, -0.05) is 12.1 Å². The van der Waals surface area contributed by atoms with Gasteiger partial charge in [-0.15, -0.1) is 0 Å². The zero-order valence-electron chi connectivity index (χ0n) is 12.7. The van der Waals surface area contributed by atoms with Gasteiger partial charge in [-0.3, -0.25) is 10.1 Å². The summed E-state index contributed by atoms with van der Waals surface area (Å²) in [6.45, 7) is 0.